The predicted molar refractivity (Wildman–Crippen MR) is 157 cm³/mol. The molecule has 192 valence electrons. The van der Waals surface area contributed by atoms with E-state index >= 15 is 0 Å². The number of hydrogen-bond acceptors (Lipinski definition) is 6. The van der Waals surface area contributed by atoms with Gasteiger partial charge in [-0.25, -0.2) is 4.98 Å². The summed E-state index contributed by atoms with van der Waals surface area (Å²) in [6.07, 6.45) is 10.6. The fourth-order valence-electron chi connectivity index (χ4n) is 3.60. The van der Waals surface area contributed by atoms with Crippen molar-refractivity contribution in [2.75, 3.05) is 0 Å². The fourth-order valence-corrected chi connectivity index (χ4v) is 3.89. The van der Waals surface area contributed by atoms with Crippen molar-refractivity contribution in [3.8, 4) is 11.6 Å². The summed E-state index contributed by atoms with van der Waals surface area (Å²) >= 11 is 12.1. The molecule has 0 saturated carbocycles. The van der Waals surface area contributed by atoms with Gasteiger partial charge in [0, 0.05) is 21.8 Å². The zero-order valence-corrected chi connectivity index (χ0v) is 22.1. The molecule has 39 heavy (non-hydrogen) atoms. The number of nitrogens with zero attached hydrogens (tertiary/aromatic N) is 4. The van der Waals surface area contributed by atoms with Crippen LogP contribution >= 0.6 is 23.2 Å². The van der Waals surface area contributed by atoms with Crippen LogP contribution in [-0.4, -0.2) is 20.7 Å². The Kier molecular flexibility index (Phi) is 8.58. The number of fused-ring (bicyclic) bond motifs is 1. The highest BCUT2D eigenvalue weighted by atomic mass is 35.5. The Morgan fingerprint density at radius 2 is 1.59 bits per heavy atom. The molecule has 0 aliphatic carbocycles. The van der Waals surface area contributed by atoms with Crippen molar-refractivity contribution in [2.45, 2.75) is 6.61 Å². The van der Waals surface area contributed by atoms with E-state index < -0.39 is 0 Å². The fraction of sp³-hybridized carbons (Fsp3) is 0.0323. The molecule has 5 aromatic rings. The second-order valence-electron chi connectivity index (χ2n) is 8.32. The second kappa shape index (κ2) is 12.8. The molecule has 0 spiro atoms. The lowest BCUT2D eigenvalue weighted by Crippen LogP contribution is -1.98. The molecule has 0 bridgehead atoms. The van der Waals surface area contributed by atoms with Crippen LogP contribution in [0.25, 0.3) is 23.1 Å². The predicted octanol–water partition coefficient (Wildman–Crippen LogP) is 8.07. The van der Waals surface area contributed by atoms with E-state index in [0.29, 0.717) is 39.1 Å². The molecule has 5 rings (SSSR count). The lowest BCUT2D eigenvalue weighted by molar-refractivity contribution is 0.305. The molecule has 0 aliphatic heterocycles. The van der Waals surface area contributed by atoms with E-state index in [4.69, 9.17) is 32.8 Å². The van der Waals surface area contributed by atoms with E-state index in [2.05, 4.69) is 20.1 Å². The normalized spacial score (nSPS) is 11.9. The molecule has 6 nitrogen and oxygen atoms in total. The molecule has 0 radical (unpaired) electrons. The molecule has 2 heterocycles. The minimum Gasteiger partial charge on any atom is -0.488 e. The zero-order chi connectivity index (χ0) is 26.9. The number of allylic oxidation sites excluding steroid dienone is 2. The largest absolute Gasteiger partial charge is 0.488 e. The Hall–Kier alpha value is -4.52. The van der Waals surface area contributed by atoms with Crippen LogP contribution in [-0.2, 0) is 6.61 Å². The lowest BCUT2D eigenvalue weighted by Gasteiger charge is -2.09. The Balaban J connectivity index is 1.41. The lowest BCUT2D eigenvalue weighted by atomic mass is 10.1. The first-order chi connectivity index (χ1) is 19.1. The van der Waals surface area contributed by atoms with Crippen molar-refractivity contribution in [2.24, 2.45) is 5.16 Å². The number of halogens is 2. The van der Waals surface area contributed by atoms with Crippen LogP contribution in [0.15, 0.2) is 115 Å². The van der Waals surface area contributed by atoms with Gasteiger partial charge in [-0.3, -0.25) is 4.98 Å². The summed E-state index contributed by atoms with van der Waals surface area (Å²) < 4.78 is 6.09. The molecule has 0 amide bonds. The summed E-state index contributed by atoms with van der Waals surface area (Å²) in [5.41, 5.74) is 3.88. The van der Waals surface area contributed by atoms with Crippen LogP contribution < -0.4 is 9.57 Å². The van der Waals surface area contributed by atoms with Crippen molar-refractivity contribution >= 4 is 52.0 Å². The van der Waals surface area contributed by atoms with Crippen molar-refractivity contribution < 1.29 is 9.57 Å². The number of aromatic nitrogens is 3. The Morgan fingerprint density at radius 1 is 0.795 bits per heavy atom. The van der Waals surface area contributed by atoms with Gasteiger partial charge in [-0.2, -0.15) is 4.98 Å². The Morgan fingerprint density at radius 3 is 2.44 bits per heavy atom. The first-order valence-corrected chi connectivity index (χ1v) is 12.8. The standard InChI is InChI=1S/C31H22Cl2N4O2/c32-24-11-8-22(9-12-24)20-38-30-7-2-1-5-23(30)10-14-27(16-15-26-6-3-4-18-34-26)37-39-31-28-17-13-25(33)19-29(28)35-21-36-31/h1-19,21H,20H2/b14-10+,16-15+,37-27-. The maximum atomic E-state index is 6.11. The van der Waals surface area contributed by atoms with Crippen LogP contribution in [0.5, 0.6) is 11.6 Å². The van der Waals surface area contributed by atoms with Crippen molar-refractivity contribution in [1.82, 2.24) is 15.0 Å². The molecule has 0 atom stereocenters. The first-order valence-electron chi connectivity index (χ1n) is 12.0. The second-order valence-corrected chi connectivity index (χ2v) is 9.19. The SMILES string of the molecule is Clc1ccc(COc2ccccc2/C=C/C(/C=C/c2ccccn2)=N/Oc2ncnc3cc(Cl)ccc23)cc1. The van der Waals surface area contributed by atoms with Crippen LogP contribution in [0.1, 0.15) is 16.8 Å². The minimum absolute atomic E-state index is 0.320. The van der Waals surface area contributed by atoms with E-state index in [1.54, 1.807) is 24.4 Å². The zero-order valence-electron chi connectivity index (χ0n) is 20.6. The molecule has 3 aromatic carbocycles. The van der Waals surface area contributed by atoms with Gasteiger partial charge in [-0.05, 0) is 78.4 Å². The maximum absolute atomic E-state index is 6.11. The van der Waals surface area contributed by atoms with Gasteiger partial charge < -0.3 is 9.57 Å². The maximum Gasteiger partial charge on any atom is 0.259 e. The molecule has 0 unspecified atom stereocenters. The average Bonchev–Trinajstić information content (AvgIpc) is 2.97. The number of hydrogen-bond donors (Lipinski definition) is 0. The van der Waals surface area contributed by atoms with E-state index in [1.807, 2.05) is 91.0 Å². The third kappa shape index (κ3) is 7.29. The van der Waals surface area contributed by atoms with Gasteiger partial charge >= 0.3 is 0 Å². The van der Waals surface area contributed by atoms with Gasteiger partial charge in [-0.15, -0.1) is 0 Å². The highest BCUT2D eigenvalue weighted by molar-refractivity contribution is 6.31. The molecule has 8 heteroatoms. The average molecular weight is 553 g/mol. The summed E-state index contributed by atoms with van der Waals surface area (Å²) in [7, 11) is 0. The molecule has 0 fully saturated rings. The van der Waals surface area contributed by atoms with Crippen LogP contribution in [0.4, 0.5) is 0 Å². The number of rotatable bonds is 9. The van der Waals surface area contributed by atoms with Gasteiger partial charge in [0.05, 0.1) is 16.6 Å². The number of oxime groups is 1. The first kappa shape index (κ1) is 26.1. The topological polar surface area (TPSA) is 69.5 Å². The minimum atomic E-state index is 0.320. The summed E-state index contributed by atoms with van der Waals surface area (Å²) in [5.74, 6) is 1.05. The van der Waals surface area contributed by atoms with E-state index in [9.17, 15) is 0 Å². The quantitative estimate of drug-likeness (QED) is 0.136. The van der Waals surface area contributed by atoms with Crippen molar-refractivity contribution in [1.29, 1.82) is 0 Å². The molecule has 0 saturated heterocycles. The van der Waals surface area contributed by atoms with Crippen molar-refractivity contribution in [3.63, 3.8) is 0 Å². The Bertz CT molecular complexity index is 1650. The van der Waals surface area contributed by atoms with E-state index in [0.717, 1.165) is 22.6 Å². The summed E-state index contributed by atoms with van der Waals surface area (Å²) in [6, 6.07) is 26.3. The van der Waals surface area contributed by atoms with Crippen LogP contribution in [0.3, 0.4) is 0 Å². The van der Waals surface area contributed by atoms with Crippen LogP contribution in [0.2, 0.25) is 10.0 Å². The molecular weight excluding hydrogens is 531 g/mol. The van der Waals surface area contributed by atoms with Gasteiger partial charge in [-0.1, -0.05) is 64.8 Å². The molecule has 2 aromatic heterocycles. The highest BCUT2D eigenvalue weighted by Crippen LogP contribution is 2.25. The smallest absolute Gasteiger partial charge is 0.259 e. The molecule has 0 N–H and O–H groups in total. The third-order valence-corrected chi connectivity index (χ3v) is 6.06. The van der Waals surface area contributed by atoms with Gasteiger partial charge in [0.15, 0.2) is 0 Å². The van der Waals surface area contributed by atoms with Gasteiger partial charge in [0.2, 0.25) is 0 Å². The van der Waals surface area contributed by atoms with Crippen molar-refractivity contribution in [3.05, 3.63) is 136 Å². The third-order valence-electron chi connectivity index (χ3n) is 5.57. The highest BCUT2D eigenvalue weighted by Gasteiger charge is 2.07. The molecular formula is C31H22Cl2N4O2. The molecule has 0 aliphatic rings. The van der Waals surface area contributed by atoms with Gasteiger partial charge in [0.25, 0.3) is 5.88 Å². The summed E-state index contributed by atoms with van der Waals surface area (Å²) in [4.78, 5) is 18.6. The van der Waals surface area contributed by atoms with Crippen LogP contribution in [0, 0.1) is 0 Å². The Labute approximate surface area is 235 Å². The number of ether oxygens (including phenoxy) is 1. The summed E-state index contributed by atoms with van der Waals surface area (Å²) in [5, 5.41) is 6.33. The summed E-state index contributed by atoms with van der Waals surface area (Å²) in [6.45, 7) is 0.413. The number of para-hydroxylation sites is 1. The monoisotopic (exact) mass is 552 g/mol. The number of pyridine rings is 1. The van der Waals surface area contributed by atoms with E-state index in [-0.39, 0.29) is 0 Å². The number of benzene rings is 3. The van der Waals surface area contributed by atoms with Gasteiger partial charge in [0.1, 0.15) is 24.4 Å². The van der Waals surface area contributed by atoms with E-state index in [1.165, 1.54) is 6.33 Å².